The van der Waals surface area contributed by atoms with Crippen LogP contribution in [0.4, 0.5) is 0 Å². The molecule has 0 aliphatic rings. The number of carbonyl (C=O) groups excluding carboxylic acids is 2. The summed E-state index contributed by atoms with van der Waals surface area (Å²) >= 11 is 4.59. The van der Waals surface area contributed by atoms with Crippen LogP contribution in [-0.4, -0.2) is 25.5 Å². The number of methoxy groups -OCH3 is 1. The second-order valence-corrected chi connectivity index (χ2v) is 6.70. The Morgan fingerprint density at radius 2 is 1.91 bits per heavy atom. The Morgan fingerprint density at radius 1 is 1.18 bits per heavy atom. The van der Waals surface area contributed by atoms with E-state index in [2.05, 4.69) is 15.9 Å². The van der Waals surface area contributed by atoms with Gasteiger partial charge in [-0.1, -0.05) is 12.1 Å². The zero-order chi connectivity index (χ0) is 15.9. The molecule has 1 aromatic heterocycles. The van der Waals surface area contributed by atoms with Crippen molar-refractivity contribution in [3.8, 4) is 5.75 Å². The van der Waals surface area contributed by atoms with E-state index >= 15 is 0 Å². The van der Waals surface area contributed by atoms with Crippen LogP contribution in [0.25, 0.3) is 6.08 Å². The topological polar surface area (TPSA) is 52.6 Å². The summed E-state index contributed by atoms with van der Waals surface area (Å²) in [6, 6.07) is 10.7. The molecule has 2 aromatic rings. The van der Waals surface area contributed by atoms with Crippen molar-refractivity contribution >= 4 is 45.1 Å². The van der Waals surface area contributed by atoms with Crippen LogP contribution < -0.4 is 4.74 Å². The molecule has 0 saturated heterocycles. The van der Waals surface area contributed by atoms with E-state index in [1.807, 2.05) is 12.1 Å². The standard InChI is InChI=1S/C16H13BrO4S/c1-20-12-5-2-11(3-6-12)4-9-16(19)21-10-13(18)14-7-8-15(17)22-14/h2-9H,10H2,1H3/b9-4+. The third-order valence-corrected chi connectivity index (χ3v) is 4.39. The van der Waals surface area contributed by atoms with Crippen LogP contribution in [0, 0.1) is 0 Å². The Bertz CT molecular complexity index is 688. The number of ketones is 1. The zero-order valence-electron chi connectivity index (χ0n) is 11.7. The molecular formula is C16H13BrO4S. The van der Waals surface area contributed by atoms with Gasteiger partial charge in [0.25, 0.3) is 0 Å². The van der Waals surface area contributed by atoms with Crippen LogP contribution in [0.15, 0.2) is 46.3 Å². The molecule has 0 aliphatic carbocycles. The van der Waals surface area contributed by atoms with E-state index in [0.717, 1.165) is 15.1 Å². The van der Waals surface area contributed by atoms with Gasteiger partial charge in [-0.2, -0.15) is 0 Å². The van der Waals surface area contributed by atoms with E-state index < -0.39 is 5.97 Å². The largest absolute Gasteiger partial charge is 0.497 e. The van der Waals surface area contributed by atoms with E-state index in [0.29, 0.717) is 4.88 Å². The summed E-state index contributed by atoms with van der Waals surface area (Å²) in [5, 5.41) is 0. The number of esters is 1. The van der Waals surface area contributed by atoms with Gasteiger partial charge in [-0.15, -0.1) is 11.3 Å². The number of carbonyl (C=O) groups is 2. The maximum Gasteiger partial charge on any atom is 0.331 e. The van der Waals surface area contributed by atoms with Gasteiger partial charge in [-0.25, -0.2) is 4.79 Å². The van der Waals surface area contributed by atoms with Gasteiger partial charge in [0.05, 0.1) is 15.8 Å². The molecule has 0 N–H and O–H groups in total. The highest BCUT2D eigenvalue weighted by Crippen LogP contribution is 2.22. The highest BCUT2D eigenvalue weighted by atomic mass is 79.9. The van der Waals surface area contributed by atoms with Gasteiger partial charge in [0.15, 0.2) is 6.61 Å². The number of hydrogen-bond acceptors (Lipinski definition) is 5. The Kier molecular flexibility index (Phi) is 5.91. The summed E-state index contributed by atoms with van der Waals surface area (Å²) in [5.41, 5.74) is 0.839. The third kappa shape index (κ3) is 4.82. The van der Waals surface area contributed by atoms with Crippen LogP contribution in [0.2, 0.25) is 0 Å². The van der Waals surface area contributed by atoms with Crippen molar-refractivity contribution in [3.63, 3.8) is 0 Å². The molecule has 0 spiro atoms. The fraction of sp³-hybridized carbons (Fsp3) is 0.125. The Balaban J connectivity index is 1.84. The molecule has 114 valence electrons. The lowest BCUT2D eigenvalue weighted by atomic mass is 10.2. The normalized spacial score (nSPS) is 10.6. The quantitative estimate of drug-likeness (QED) is 0.432. The molecule has 4 nitrogen and oxygen atoms in total. The molecule has 2 rings (SSSR count). The van der Waals surface area contributed by atoms with Crippen LogP contribution in [0.1, 0.15) is 15.2 Å². The third-order valence-electron chi connectivity index (χ3n) is 2.72. The second-order valence-electron chi connectivity index (χ2n) is 4.24. The van der Waals surface area contributed by atoms with Gasteiger partial charge >= 0.3 is 5.97 Å². The molecule has 22 heavy (non-hydrogen) atoms. The predicted octanol–water partition coefficient (Wildman–Crippen LogP) is 3.96. The summed E-state index contributed by atoms with van der Waals surface area (Å²) in [4.78, 5) is 23.9. The smallest absolute Gasteiger partial charge is 0.331 e. The predicted molar refractivity (Wildman–Crippen MR) is 89.3 cm³/mol. The molecule has 0 atom stereocenters. The number of hydrogen-bond donors (Lipinski definition) is 0. The van der Waals surface area contributed by atoms with Gasteiger partial charge < -0.3 is 9.47 Å². The molecule has 0 aliphatic heterocycles. The van der Waals surface area contributed by atoms with Gasteiger partial charge in [0.2, 0.25) is 5.78 Å². The average Bonchev–Trinajstić information content (AvgIpc) is 2.97. The molecular weight excluding hydrogens is 368 g/mol. The summed E-state index contributed by atoms with van der Waals surface area (Å²) in [6.45, 7) is -0.265. The van der Waals surface area contributed by atoms with Gasteiger partial charge in [-0.05, 0) is 51.8 Å². The SMILES string of the molecule is COc1ccc(/C=C/C(=O)OCC(=O)c2ccc(Br)s2)cc1. The van der Waals surface area contributed by atoms with E-state index in [4.69, 9.17) is 9.47 Å². The first-order chi connectivity index (χ1) is 10.6. The van der Waals surface area contributed by atoms with Crippen molar-refractivity contribution in [1.29, 1.82) is 0 Å². The monoisotopic (exact) mass is 380 g/mol. The summed E-state index contributed by atoms with van der Waals surface area (Å²) < 4.78 is 10.8. The molecule has 1 heterocycles. The summed E-state index contributed by atoms with van der Waals surface area (Å²) in [5.74, 6) is -0.0332. The Morgan fingerprint density at radius 3 is 2.50 bits per heavy atom. The van der Waals surface area contributed by atoms with Crippen molar-refractivity contribution in [2.75, 3.05) is 13.7 Å². The van der Waals surface area contributed by atoms with Crippen molar-refractivity contribution in [3.05, 3.63) is 56.7 Å². The molecule has 0 fully saturated rings. The van der Waals surface area contributed by atoms with Gasteiger partial charge in [0, 0.05) is 6.08 Å². The molecule has 0 radical (unpaired) electrons. The molecule has 0 amide bonds. The number of benzene rings is 1. The van der Waals surface area contributed by atoms with Crippen LogP contribution >= 0.6 is 27.3 Å². The Hall–Kier alpha value is -1.92. The fourth-order valence-corrected chi connectivity index (χ4v) is 2.91. The minimum Gasteiger partial charge on any atom is -0.497 e. The lowest BCUT2D eigenvalue weighted by molar-refractivity contribution is -0.136. The number of Topliss-reactive ketones (excluding diaryl/α,β-unsaturated/α-hetero) is 1. The second kappa shape index (κ2) is 7.91. The zero-order valence-corrected chi connectivity index (χ0v) is 14.1. The number of rotatable bonds is 6. The van der Waals surface area contributed by atoms with Crippen molar-refractivity contribution in [2.24, 2.45) is 0 Å². The lowest BCUT2D eigenvalue weighted by Gasteiger charge is -2.00. The van der Waals surface area contributed by atoms with Gasteiger partial charge in [0.1, 0.15) is 5.75 Å². The maximum atomic E-state index is 11.8. The first-order valence-corrected chi connectivity index (χ1v) is 7.97. The molecule has 6 heteroatoms. The summed E-state index contributed by atoms with van der Waals surface area (Å²) in [7, 11) is 1.59. The highest BCUT2D eigenvalue weighted by Gasteiger charge is 2.10. The maximum absolute atomic E-state index is 11.8. The van der Waals surface area contributed by atoms with E-state index in [1.54, 1.807) is 37.5 Å². The fourth-order valence-electron chi connectivity index (χ4n) is 1.60. The Labute approximate surface area is 140 Å². The van der Waals surface area contributed by atoms with Crippen LogP contribution in [-0.2, 0) is 9.53 Å². The van der Waals surface area contributed by atoms with E-state index in [1.165, 1.54) is 17.4 Å². The number of halogens is 1. The van der Waals surface area contributed by atoms with E-state index in [9.17, 15) is 9.59 Å². The molecule has 1 aromatic carbocycles. The van der Waals surface area contributed by atoms with Crippen molar-refractivity contribution in [2.45, 2.75) is 0 Å². The molecule has 0 saturated carbocycles. The lowest BCUT2D eigenvalue weighted by Crippen LogP contribution is -2.11. The average molecular weight is 381 g/mol. The van der Waals surface area contributed by atoms with Gasteiger partial charge in [-0.3, -0.25) is 4.79 Å². The first kappa shape index (κ1) is 16.5. The first-order valence-electron chi connectivity index (χ1n) is 6.36. The molecule has 0 unspecified atom stereocenters. The van der Waals surface area contributed by atoms with Crippen molar-refractivity contribution < 1.29 is 19.1 Å². The molecule has 0 bridgehead atoms. The number of ether oxygens (including phenoxy) is 2. The van der Waals surface area contributed by atoms with E-state index in [-0.39, 0.29) is 12.4 Å². The number of thiophene rings is 1. The minimum atomic E-state index is -0.556. The van der Waals surface area contributed by atoms with Crippen LogP contribution in [0.3, 0.4) is 0 Å². The summed E-state index contributed by atoms with van der Waals surface area (Å²) in [6.07, 6.45) is 2.91. The minimum absolute atomic E-state index is 0.220. The highest BCUT2D eigenvalue weighted by molar-refractivity contribution is 9.11. The van der Waals surface area contributed by atoms with Crippen LogP contribution in [0.5, 0.6) is 5.75 Å². The van der Waals surface area contributed by atoms with Crippen molar-refractivity contribution in [1.82, 2.24) is 0 Å².